The molecule has 1 aliphatic rings. The van der Waals surface area contributed by atoms with Gasteiger partial charge in [0.2, 0.25) is 0 Å². The number of rotatable bonds is 1. The highest BCUT2D eigenvalue weighted by Crippen LogP contribution is 2.28. The van der Waals surface area contributed by atoms with E-state index in [0.29, 0.717) is 0 Å². The van der Waals surface area contributed by atoms with Crippen molar-refractivity contribution in [3.63, 3.8) is 0 Å². The summed E-state index contributed by atoms with van der Waals surface area (Å²) in [5.74, 6) is 0. The molecule has 1 unspecified atom stereocenters. The van der Waals surface area contributed by atoms with Gasteiger partial charge in [-0.3, -0.25) is 0 Å². The van der Waals surface area contributed by atoms with Crippen molar-refractivity contribution in [1.82, 2.24) is 0 Å². The Morgan fingerprint density at radius 2 is 2.17 bits per heavy atom. The largest absolute Gasteiger partial charge is 0.493 e. The minimum Gasteiger partial charge on any atom is -0.493 e. The molecule has 0 amide bonds. The van der Waals surface area contributed by atoms with E-state index in [-0.39, 0.29) is 6.10 Å². The lowest BCUT2D eigenvalue weighted by atomic mass is 10.0. The Labute approximate surface area is 72.7 Å². The molecule has 0 radical (unpaired) electrons. The average Bonchev–Trinajstić information content (AvgIpc) is 2.57. The van der Waals surface area contributed by atoms with E-state index < -0.39 is 0 Å². The highest BCUT2D eigenvalue weighted by Gasteiger charge is 2.14. The van der Waals surface area contributed by atoms with E-state index in [1.165, 1.54) is 11.1 Å². The lowest BCUT2D eigenvalue weighted by Gasteiger charge is -2.12. The van der Waals surface area contributed by atoms with Crippen molar-refractivity contribution in [3.8, 4) is 0 Å². The number of ether oxygens (including phenoxy) is 1. The number of benzene rings is 1. The average molecular weight is 160 g/mol. The van der Waals surface area contributed by atoms with E-state index in [1.807, 2.05) is 0 Å². The quantitative estimate of drug-likeness (QED) is 0.613. The van der Waals surface area contributed by atoms with Crippen molar-refractivity contribution in [2.24, 2.45) is 0 Å². The van der Waals surface area contributed by atoms with Gasteiger partial charge in [0.1, 0.15) is 6.10 Å². The molecule has 12 heavy (non-hydrogen) atoms. The highest BCUT2D eigenvalue weighted by atomic mass is 16.5. The molecule has 2 rings (SSSR count). The minimum absolute atomic E-state index is 0.256. The van der Waals surface area contributed by atoms with E-state index in [2.05, 4.69) is 37.3 Å². The first-order chi connectivity index (χ1) is 5.88. The van der Waals surface area contributed by atoms with Crippen LogP contribution in [0.1, 0.15) is 23.7 Å². The second-order valence-corrected chi connectivity index (χ2v) is 3.09. The third kappa shape index (κ3) is 1.22. The van der Waals surface area contributed by atoms with Crippen LogP contribution in [-0.2, 0) is 4.74 Å². The molecular formula is C11H12O. The molecule has 0 bridgehead atoms. The molecule has 1 heterocycles. The molecule has 0 spiro atoms. The van der Waals surface area contributed by atoms with Crippen LogP contribution in [0.5, 0.6) is 0 Å². The van der Waals surface area contributed by atoms with Crippen molar-refractivity contribution in [2.75, 3.05) is 0 Å². The van der Waals surface area contributed by atoms with Crippen molar-refractivity contribution in [3.05, 3.63) is 47.7 Å². The van der Waals surface area contributed by atoms with Crippen molar-refractivity contribution in [2.45, 2.75) is 19.4 Å². The van der Waals surface area contributed by atoms with Crippen molar-refractivity contribution < 1.29 is 4.74 Å². The molecule has 62 valence electrons. The molecule has 1 heteroatoms. The smallest absolute Gasteiger partial charge is 0.127 e. The van der Waals surface area contributed by atoms with E-state index in [1.54, 1.807) is 6.26 Å². The molecular weight excluding hydrogens is 148 g/mol. The molecule has 0 saturated heterocycles. The summed E-state index contributed by atoms with van der Waals surface area (Å²) in [5, 5.41) is 0. The Morgan fingerprint density at radius 1 is 1.33 bits per heavy atom. The summed E-state index contributed by atoms with van der Waals surface area (Å²) in [6, 6.07) is 8.37. The summed E-state index contributed by atoms with van der Waals surface area (Å²) in [4.78, 5) is 0. The summed E-state index contributed by atoms with van der Waals surface area (Å²) in [6.07, 6.45) is 5.12. The van der Waals surface area contributed by atoms with Gasteiger partial charge in [-0.15, -0.1) is 0 Å². The normalized spacial score (nSPS) is 20.9. The Morgan fingerprint density at radius 3 is 2.83 bits per heavy atom. The Balaban J connectivity index is 2.27. The van der Waals surface area contributed by atoms with Gasteiger partial charge < -0.3 is 4.74 Å². The number of hydrogen-bond acceptors (Lipinski definition) is 1. The van der Waals surface area contributed by atoms with Crippen LogP contribution >= 0.6 is 0 Å². The Kier molecular flexibility index (Phi) is 1.86. The Hall–Kier alpha value is -1.24. The first-order valence-corrected chi connectivity index (χ1v) is 4.24. The molecule has 0 N–H and O–H groups in total. The zero-order chi connectivity index (χ0) is 8.39. The summed E-state index contributed by atoms with van der Waals surface area (Å²) >= 11 is 0. The second-order valence-electron chi connectivity index (χ2n) is 3.09. The topological polar surface area (TPSA) is 9.23 Å². The predicted molar refractivity (Wildman–Crippen MR) is 48.8 cm³/mol. The van der Waals surface area contributed by atoms with Gasteiger partial charge in [-0.1, -0.05) is 24.3 Å². The fourth-order valence-corrected chi connectivity index (χ4v) is 1.53. The summed E-state index contributed by atoms with van der Waals surface area (Å²) in [7, 11) is 0. The van der Waals surface area contributed by atoms with Crippen LogP contribution < -0.4 is 0 Å². The van der Waals surface area contributed by atoms with Crippen molar-refractivity contribution in [1.29, 1.82) is 0 Å². The van der Waals surface area contributed by atoms with Gasteiger partial charge in [-0.05, 0) is 24.1 Å². The van der Waals surface area contributed by atoms with Gasteiger partial charge in [0.15, 0.2) is 0 Å². The molecule has 1 aromatic rings. The van der Waals surface area contributed by atoms with Crippen molar-refractivity contribution >= 4 is 0 Å². The lowest BCUT2D eigenvalue weighted by molar-refractivity contribution is 0.172. The SMILES string of the molecule is Cc1ccccc1C1CC=CO1. The highest BCUT2D eigenvalue weighted by molar-refractivity contribution is 5.28. The molecule has 0 fully saturated rings. The lowest BCUT2D eigenvalue weighted by Crippen LogP contribution is -1.97. The van der Waals surface area contributed by atoms with Crippen LogP contribution in [0, 0.1) is 6.92 Å². The summed E-state index contributed by atoms with van der Waals surface area (Å²) in [5.41, 5.74) is 2.62. The van der Waals surface area contributed by atoms with Gasteiger partial charge in [-0.2, -0.15) is 0 Å². The van der Waals surface area contributed by atoms with Gasteiger partial charge in [-0.25, -0.2) is 0 Å². The third-order valence-corrected chi connectivity index (χ3v) is 2.22. The minimum atomic E-state index is 0.256. The second kappa shape index (κ2) is 3.02. The molecule has 0 aliphatic carbocycles. The maximum atomic E-state index is 5.44. The van der Waals surface area contributed by atoms with E-state index >= 15 is 0 Å². The first-order valence-electron chi connectivity index (χ1n) is 4.24. The fourth-order valence-electron chi connectivity index (χ4n) is 1.53. The predicted octanol–water partition coefficient (Wildman–Crippen LogP) is 2.97. The first kappa shape index (κ1) is 7.41. The van der Waals surface area contributed by atoms with Gasteiger partial charge in [0.25, 0.3) is 0 Å². The molecule has 1 aromatic carbocycles. The van der Waals surface area contributed by atoms with Gasteiger partial charge >= 0.3 is 0 Å². The molecule has 0 aromatic heterocycles. The standard InChI is InChI=1S/C11H12O/c1-9-5-2-3-6-10(9)11-7-4-8-12-11/h2-6,8,11H,7H2,1H3. The third-order valence-electron chi connectivity index (χ3n) is 2.22. The van der Waals surface area contributed by atoms with E-state index in [4.69, 9.17) is 4.74 Å². The fraction of sp³-hybridized carbons (Fsp3) is 0.273. The maximum Gasteiger partial charge on any atom is 0.127 e. The van der Waals surface area contributed by atoms with Gasteiger partial charge in [0, 0.05) is 6.42 Å². The van der Waals surface area contributed by atoms with Crippen LogP contribution in [0.15, 0.2) is 36.6 Å². The van der Waals surface area contributed by atoms with E-state index in [0.717, 1.165) is 6.42 Å². The zero-order valence-electron chi connectivity index (χ0n) is 7.16. The zero-order valence-corrected chi connectivity index (χ0v) is 7.16. The van der Waals surface area contributed by atoms with Crippen LogP contribution in [-0.4, -0.2) is 0 Å². The number of hydrogen-bond donors (Lipinski definition) is 0. The summed E-state index contributed by atoms with van der Waals surface area (Å²) < 4.78 is 5.44. The summed E-state index contributed by atoms with van der Waals surface area (Å²) in [6.45, 7) is 2.12. The van der Waals surface area contributed by atoms with Crippen LogP contribution in [0.4, 0.5) is 0 Å². The molecule has 0 saturated carbocycles. The molecule has 1 aliphatic heterocycles. The van der Waals surface area contributed by atoms with Crippen LogP contribution in [0.3, 0.4) is 0 Å². The molecule has 1 nitrogen and oxygen atoms in total. The Bertz CT molecular complexity index is 294. The number of aryl methyl sites for hydroxylation is 1. The van der Waals surface area contributed by atoms with Crippen LogP contribution in [0.2, 0.25) is 0 Å². The van der Waals surface area contributed by atoms with Crippen LogP contribution in [0.25, 0.3) is 0 Å². The monoisotopic (exact) mass is 160 g/mol. The van der Waals surface area contributed by atoms with E-state index in [9.17, 15) is 0 Å². The molecule has 1 atom stereocenters. The maximum absolute atomic E-state index is 5.44. The van der Waals surface area contributed by atoms with Gasteiger partial charge in [0.05, 0.1) is 6.26 Å².